The molecule has 0 saturated carbocycles. The van der Waals surface area contributed by atoms with Crippen LogP contribution in [0.1, 0.15) is 48.2 Å². The second kappa shape index (κ2) is 5.69. The van der Waals surface area contributed by atoms with Crippen molar-refractivity contribution < 1.29 is 24.2 Å². The van der Waals surface area contributed by atoms with Crippen LogP contribution in [0.15, 0.2) is 12.1 Å². The quantitative estimate of drug-likeness (QED) is 0.668. The second-order valence-electron chi connectivity index (χ2n) is 5.33. The molecule has 0 radical (unpaired) electrons. The highest BCUT2D eigenvalue weighted by atomic mass is 16.5. The zero-order chi connectivity index (χ0) is 14.6. The second-order valence-corrected chi connectivity index (χ2v) is 5.33. The summed E-state index contributed by atoms with van der Waals surface area (Å²) in [5.41, 5.74) is -0.248. The van der Waals surface area contributed by atoms with Gasteiger partial charge in [0.25, 0.3) is 0 Å². The molecule has 1 N–H and O–H groups in total. The maximum absolute atomic E-state index is 11.8. The van der Waals surface area contributed by atoms with Crippen LogP contribution in [0.5, 0.6) is 0 Å². The van der Waals surface area contributed by atoms with Gasteiger partial charge in [-0.15, -0.1) is 0 Å². The molecule has 0 bridgehead atoms. The van der Waals surface area contributed by atoms with Gasteiger partial charge in [-0.1, -0.05) is 20.8 Å². The lowest BCUT2D eigenvalue weighted by Crippen LogP contribution is -2.20. The van der Waals surface area contributed by atoms with Gasteiger partial charge in [-0.05, 0) is 24.0 Å². The van der Waals surface area contributed by atoms with Crippen LogP contribution in [-0.4, -0.2) is 34.6 Å². The molecule has 0 saturated heterocycles. The Kier molecular flexibility index (Phi) is 4.47. The minimum atomic E-state index is -1.39. The predicted octanol–water partition coefficient (Wildman–Crippen LogP) is 2.42. The molecule has 1 aromatic heterocycles. The van der Waals surface area contributed by atoms with Crippen LogP contribution in [0.25, 0.3) is 0 Å². The van der Waals surface area contributed by atoms with E-state index < -0.39 is 12.1 Å². The van der Waals surface area contributed by atoms with Crippen LogP contribution >= 0.6 is 0 Å². The Morgan fingerprint density at radius 1 is 1.37 bits per heavy atom. The molecule has 0 fully saturated rings. The SMILES string of the molecule is CC(C)(C)CCOC(=O)c1ccc(C=O)n1C(=O)O. The molecule has 0 unspecified atom stereocenters. The molecule has 1 rings (SSSR count). The van der Waals surface area contributed by atoms with Gasteiger partial charge in [0.15, 0.2) is 6.29 Å². The Morgan fingerprint density at radius 3 is 2.47 bits per heavy atom. The van der Waals surface area contributed by atoms with E-state index in [9.17, 15) is 14.4 Å². The average Bonchev–Trinajstić information content (AvgIpc) is 2.70. The van der Waals surface area contributed by atoms with Gasteiger partial charge in [0, 0.05) is 0 Å². The first kappa shape index (κ1) is 14.9. The molecule has 0 aliphatic rings. The number of hydrogen-bond donors (Lipinski definition) is 1. The number of carbonyl (C=O) groups excluding carboxylic acids is 2. The number of nitrogens with zero attached hydrogens (tertiary/aromatic N) is 1. The monoisotopic (exact) mass is 267 g/mol. The fourth-order valence-electron chi connectivity index (χ4n) is 1.44. The third-order valence-electron chi connectivity index (χ3n) is 2.52. The lowest BCUT2D eigenvalue weighted by molar-refractivity contribution is 0.0452. The van der Waals surface area contributed by atoms with E-state index in [4.69, 9.17) is 9.84 Å². The van der Waals surface area contributed by atoms with Crippen LogP contribution in [0.2, 0.25) is 0 Å². The van der Waals surface area contributed by atoms with E-state index in [2.05, 4.69) is 0 Å². The number of carbonyl (C=O) groups is 3. The smallest absolute Gasteiger partial charge is 0.416 e. The molecule has 0 atom stereocenters. The van der Waals surface area contributed by atoms with Gasteiger partial charge in [-0.25, -0.2) is 14.2 Å². The Morgan fingerprint density at radius 2 is 2.00 bits per heavy atom. The summed E-state index contributed by atoms with van der Waals surface area (Å²) in [7, 11) is 0. The minimum absolute atomic E-state index is 0.0169. The third-order valence-corrected chi connectivity index (χ3v) is 2.52. The first-order chi connectivity index (χ1) is 8.76. The predicted molar refractivity (Wildman–Crippen MR) is 67.6 cm³/mol. The van der Waals surface area contributed by atoms with E-state index in [-0.39, 0.29) is 23.4 Å². The summed E-state index contributed by atoms with van der Waals surface area (Å²) < 4.78 is 5.63. The molecule has 0 spiro atoms. The van der Waals surface area contributed by atoms with Crippen LogP contribution in [0, 0.1) is 5.41 Å². The molecule has 104 valence electrons. The van der Waals surface area contributed by atoms with Crippen molar-refractivity contribution in [3.05, 3.63) is 23.5 Å². The van der Waals surface area contributed by atoms with Gasteiger partial charge in [0.1, 0.15) is 5.69 Å². The molecule has 1 heterocycles. The number of carboxylic acid groups (broad SMARTS) is 1. The average molecular weight is 267 g/mol. The summed E-state index contributed by atoms with van der Waals surface area (Å²) in [5.74, 6) is -0.750. The third kappa shape index (κ3) is 3.94. The first-order valence-electron chi connectivity index (χ1n) is 5.83. The van der Waals surface area contributed by atoms with Crippen molar-refractivity contribution in [2.75, 3.05) is 6.61 Å². The van der Waals surface area contributed by atoms with E-state index in [1.54, 1.807) is 0 Å². The summed E-state index contributed by atoms with van der Waals surface area (Å²) in [6.07, 6.45) is -0.359. The lowest BCUT2D eigenvalue weighted by atomic mass is 9.93. The Hall–Kier alpha value is -2.11. The molecule has 0 amide bonds. The molecule has 0 aromatic carbocycles. The summed E-state index contributed by atoms with van der Waals surface area (Å²) in [6.45, 7) is 6.21. The maximum atomic E-state index is 11.8. The molecule has 0 aliphatic carbocycles. The van der Waals surface area contributed by atoms with Crippen molar-refractivity contribution in [1.82, 2.24) is 4.57 Å². The normalized spacial score (nSPS) is 11.1. The Bertz CT molecular complexity index is 496. The summed E-state index contributed by atoms with van der Waals surface area (Å²) in [6, 6.07) is 2.53. The van der Waals surface area contributed by atoms with Gasteiger partial charge in [0.05, 0.1) is 12.3 Å². The van der Waals surface area contributed by atoms with Gasteiger partial charge in [0.2, 0.25) is 0 Å². The summed E-state index contributed by atoms with van der Waals surface area (Å²) >= 11 is 0. The Balaban J connectivity index is 2.80. The Labute approximate surface area is 111 Å². The highest BCUT2D eigenvalue weighted by Crippen LogP contribution is 2.18. The van der Waals surface area contributed by atoms with Crippen LogP contribution in [-0.2, 0) is 4.74 Å². The van der Waals surface area contributed by atoms with Gasteiger partial charge >= 0.3 is 12.1 Å². The topological polar surface area (TPSA) is 85.6 Å². The zero-order valence-electron chi connectivity index (χ0n) is 11.2. The molecule has 0 aliphatic heterocycles. The number of ether oxygens (including phenoxy) is 1. The van der Waals surface area contributed by atoms with Crippen LogP contribution < -0.4 is 0 Å². The highest BCUT2D eigenvalue weighted by molar-refractivity contribution is 5.95. The standard InChI is InChI=1S/C13H17NO5/c1-13(2,3)6-7-19-11(16)10-5-4-9(8-15)14(10)12(17)18/h4-5,8H,6-7H2,1-3H3,(H,17,18). The summed E-state index contributed by atoms with van der Waals surface area (Å²) in [5, 5.41) is 8.97. The lowest BCUT2D eigenvalue weighted by Gasteiger charge is -2.17. The van der Waals surface area contributed by atoms with E-state index in [1.807, 2.05) is 20.8 Å². The van der Waals surface area contributed by atoms with E-state index >= 15 is 0 Å². The molecule has 6 heteroatoms. The van der Waals surface area contributed by atoms with E-state index in [1.165, 1.54) is 12.1 Å². The largest absolute Gasteiger partial charge is 0.464 e. The minimum Gasteiger partial charge on any atom is -0.464 e. The number of aromatic nitrogens is 1. The van der Waals surface area contributed by atoms with Gasteiger partial charge in [-0.3, -0.25) is 4.79 Å². The molecule has 6 nitrogen and oxygen atoms in total. The van der Waals surface area contributed by atoms with Crippen molar-refractivity contribution in [3.63, 3.8) is 0 Å². The number of esters is 1. The number of aldehydes is 1. The fourth-order valence-corrected chi connectivity index (χ4v) is 1.44. The van der Waals surface area contributed by atoms with Crippen molar-refractivity contribution in [2.24, 2.45) is 5.41 Å². The van der Waals surface area contributed by atoms with E-state index in [0.29, 0.717) is 17.3 Å². The van der Waals surface area contributed by atoms with Crippen molar-refractivity contribution in [3.8, 4) is 0 Å². The maximum Gasteiger partial charge on any atom is 0.416 e. The van der Waals surface area contributed by atoms with Gasteiger partial charge in [-0.2, -0.15) is 0 Å². The number of rotatable bonds is 4. The van der Waals surface area contributed by atoms with Crippen LogP contribution in [0.3, 0.4) is 0 Å². The number of hydrogen-bond acceptors (Lipinski definition) is 4. The van der Waals surface area contributed by atoms with Crippen LogP contribution in [0.4, 0.5) is 4.79 Å². The van der Waals surface area contributed by atoms with Crippen molar-refractivity contribution >= 4 is 18.3 Å². The van der Waals surface area contributed by atoms with Gasteiger partial charge < -0.3 is 9.84 Å². The van der Waals surface area contributed by atoms with E-state index in [0.717, 1.165) is 0 Å². The molecule has 19 heavy (non-hydrogen) atoms. The first-order valence-corrected chi connectivity index (χ1v) is 5.83. The van der Waals surface area contributed by atoms with Crippen molar-refractivity contribution in [2.45, 2.75) is 27.2 Å². The van der Waals surface area contributed by atoms with Crippen molar-refractivity contribution in [1.29, 1.82) is 0 Å². The zero-order valence-corrected chi connectivity index (χ0v) is 11.2. The summed E-state index contributed by atoms with van der Waals surface area (Å²) in [4.78, 5) is 33.4. The molecular formula is C13H17NO5. The molecular weight excluding hydrogens is 250 g/mol. The molecule has 1 aromatic rings. The fraction of sp³-hybridized carbons (Fsp3) is 0.462. The highest BCUT2D eigenvalue weighted by Gasteiger charge is 2.21.